The Bertz CT molecular complexity index is 559. The predicted molar refractivity (Wildman–Crippen MR) is 68.2 cm³/mol. The van der Waals surface area contributed by atoms with Crippen LogP contribution in [0.1, 0.15) is 22.8 Å². The molecule has 0 fully saturated rings. The Morgan fingerprint density at radius 1 is 0.900 bits per heavy atom. The molecule has 0 radical (unpaired) electrons. The molecule has 0 aliphatic heterocycles. The van der Waals surface area contributed by atoms with Crippen molar-refractivity contribution in [3.63, 3.8) is 0 Å². The first-order valence-electron chi connectivity index (χ1n) is 5.99. The van der Waals surface area contributed by atoms with Crippen molar-refractivity contribution in [2.24, 2.45) is 0 Å². The molecular formula is C15H13F3O2. The Hall–Kier alpha value is -2.01. The van der Waals surface area contributed by atoms with Crippen LogP contribution < -0.4 is 0 Å². The molecule has 0 saturated heterocycles. The fourth-order valence-electron chi connectivity index (χ4n) is 1.87. The van der Waals surface area contributed by atoms with Crippen LogP contribution in [0.5, 0.6) is 5.75 Å². The molecule has 0 bridgehead atoms. The summed E-state index contributed by atoms with van der Waals surface area (Å²) in [5.74, 6) is 0.123. The lowest BCUT2D eigenvalue weighted by Gasteiger charge is -2.13. The lowest BCUT2D eigenvalue weighted by molar-refractivity contribution is -0.137. The average Bonchev–Trinajstić information content (AvgIpc) is 2.40. The number of aliphatic hydroxyl groups is 1. The summed E-state index contributed by atoms with van der Waals surface area (Å²) < 4.78 is 37.3. The van der Waals surface area contributed by atoms with Crippen LogP contribution in [0.3, 0.4) is 0 Å². The average molecular weight is 282 g/mol. The number of rotatable bonds is 3. The molecule has 1 unspecified atom stereocenters. The second-order valence-corrected chi connectivity index (χ2v) is 4.51. The molecule has 0 amide bonds. The Labute approximate surface area is 114 Å². The van der Waals surface area contributed by atoms with Gasteiger partial charge in [-0.3, -0.25) is 0 Å². The number of halogens is 3. The van der Waals surface area contributed by atoms with E-state index in [-0.39, 0.29) is 12.2 Å². The van der Waals surface area contributed by atoms with E-state index < -0.39 is 17.8 Å². The van der Waals surface area contributed by atoms with Gasteiger partial charge in [0.05, 0.1) is 11.7 Å². The maximum Gasteiger partial charge on any atom is 0.416 e. The summed E-state index contributed by atoms with van der Waals surface area (Å²) in [6.07, 6.45) is -4.99. The van der Waals surface area contributed by atoms with E-state index in [1.807, 2.05) is 0 Å². The smallest absolute Gasteiger partial charge is 0.416 e. The number of benzene rings is 2. The molecular weight excluding hydrogens is 269 g/mol. The van der Waals surface area contributed by atoms with Gasteiger partial charge in [-0.15, -0.1) is 0 Å². The summed E-state index contributed by atoms with van der Waals surface area (Å²) >= 11 is 0. The number of phenolic OH excluding ortho intramolecular Hbond substituents is 1. The molecule has 106 valence electrons. The van der Waals surface area contributed by atoms with Crippen molar-refractivity contribution in [3.05, 3.63) is 65.2 Å². The molecule has 2 aromatic carbocycles. The fraction of sp³-hybridized carbons (Fsp3) is 0.200. The normalized spacial score (nSPS) is 13.2. The SMILES string of the molecule is Oc1ccc(CC(O)c2ccc(C(F)(F)F)cc2)cc1. The van der Waals surface area contributed by atoms with Gasteiger partial charge in [-0.05, 0) is 35.4 Å². The van der Waals surface area contributed by atoms with Crippen LogP contribution >= 0.6 is 0 Å². The van der Waals surface area contributed by atoms with Gasteiger partial charge in [0.15, 0.2) is 0 Å². The van der Waals surface area contributed by atoms with E-state index in [4.69, 9.17) is 5.11 Å². The molecule has 2 aromatic rings. The molecule has 1 atom stereocenters. The summed E-state index contributed by atoms with van der Waals surface area (Å²) in [5.41, 5.74) is 0.472. The number of aliphatic hydroxyl groups excluding tert-OH is 1. The van der Waals surface area contributed by atoms with Crippen LogP contribution in [0, 0.1) is 0 Å². The minimum atomic E-state index is -4.37. The molecule has 2 N–H and O–H groups in total. The van der Waals surface area contributed by atoms with Crippen molar-refractivity contribution in [1.29, 1.82) is 0 Å². The summed E-state index contributed by atoms with van der Waals surface area (Å²) in [7, 11) is 0. The van der Waals surface area contributed by atoms with Gasteiger partial charge in [-0.1, -0.05) is 24.3 Å². The van der Waals surface area contributed by atoms with Crippen molar-refractivity contribution in [3.8, 4) is 5.75 Å². The molecule has 5 heteroatoms. The minimum absolute atomic E-state index is 0.123. The number of aromatic hydroxyl groups is 1. The lowest BCUT2D eigenvalue weighted by Crippen LogP contribution is -2.06. The minimum Gasteiger partial charge on any atom is -0.508 e. The van der Waals surface area contributed by atoms with Crippen LogP contribution in [-0.4, -0.2) is 10.2 Å². The zero-order chi connectivity index (χ0) is 14.8. The van der Waals surface area contributed by atoms with Gasteiger partial charge in [0.1, 0.15) is 5.75 Å². The van der Waals surface area contributed by atoms with Gasteiger partial charge in [0.25, 0.3) is 0 Å². The first-order valence-corrected chi connectivity index (χ1v) is 5.99. The van der Waals surface area contributed by atoms with E-state index in [0.717, 1.165) is 17.7 Å². The monoisotopic (exact) mass is 282 g/mol. The largest absolute Gasteiger partial charge is 0.508 e. The Morgan fingerprint density at radius 3 is 1.95 bits per heavy atom. The molecule has 0 aliphatic rings. The molecule has 0 aliphatic carbocycles. The molecule has 2 nitrogen and oxygen atoms in total. The number of hydrogen-bond acceptors (Lipinski definition) is 2. The van der Waals surface area contributed by atoms with Gasteiger partial charge in [-0.25, -0.2) is 0 Å². The second-order valence-electron chi connectivity index (χ2n) is 4.51. The standard InChI is InChI=1S/C15H13F3O2/c16-15(17,18)12-5-3-11(4-6-12)14(20)9-10-1-7-13(19)8-2-10/h1-8,14,19-20H,9H2. The fourth-order valence-corrected chi connectivity index (χ4v) is 1.87. The topological polar surface area (TPSA) is 40.5 Å². The maximum atomic E-state index is 12.4. The van der Waals surface area contributed by atoms with Gasteiger partial charge >= 0.3 is 6.18 Å². The van der Waals surface area contributed by atoms with Crippen LogP contribution in [-0.2, 0) is 12.6 Å². The number of alkyl halides is 3. The quantitative estimate of drug-likeness (QED) is 0.901. The summed E-state index contributed by atoms with van der Waals surface area (Å²) in [5, 5.41) is 19.1. The van der Waals surface area contributed by atoms with Gasteiger partial charge in [-0.2, -0.15) is 13.2 Å². The van der Waals surface area contributed by atoms with Crippen LogP contribution in [0.25, 0.3) is 0 Å². The third kappa shape index (κ3) is 3.51. The molecule has 20 heavy (non-hydrogen) atoms. The van der Waals surface area contributed by atoms with Crippen molar-refractivity contribution >= 4 is 0 Å². The zero-order valence-electron chi connectivity index (χ0n) is 10.4. The van der Waals surface area contributed by atoms with E-state index >= 15 is 0 Å². The molecule has 0 heterocycles. The zero-order valence-corrected chi connectivity index (χ0v) is 10.4. The van der Waals surface area contributed by atoms with Crippen molar-refractivity contribution in [2.75, 3.05) is 0 Å². The van der Waals surface area contributed by atoms with Gasteiger partial charge in [0, 0.05) is 6.42 Å². The first kappa shape index (κ1) is 14.4. The summed E-state index contributed by atoms with van der Waals surface area (Å²) in [4.78, 5) is 0. The highest BCUT2D eigenvalue weighted by Crippen LogP contribution is 2.30. The predicted octanol–water partition coefficient (Wildman–Crippen LogP) is 3.69. The lowest BCUT2D eigenvalue weighted by atomic mass is 10.0. The van der Waals surface area contributed by atoms with E-state index in [2.05, 4.69) is 0 Å². The number of phenols is 1. The van der Waals surface area contributed by atoms with Crippen LogP contribution in [0.2, 0.25) is 0 Å². The maximum absolute atomic E-state index is 12.4. The highest BCUT2D eigenvalue weighted by molar-refractivity contribution is 5.30. The third-order valence-electron chi connectivity index (χ3n) is 2.99. The van der Waals surface area contributed by atoms with Crippen molar-refractivity contribution < 1.29 is 23.4 Å². The van der Waals surface area contributed by atoms with E-state index in [0.29, 0.717) is 5.56 Å². The van der Waals surface area contributed by atoms with E-state index in [1.54, 1.807) is 12.1 Å². The highest BCUT2D eigenvalue weighted by atomic mass is 19.4. The second kappa shape index (κ2) is 5.54. The van der Waals surface area contributed by atoms with E-state index in [9.17, 15) is 18.3 Å². The van der Waals surface area contributed by atoms with Crippen LogP contribution in [0.4, 0.5) is 13.2 Å². The van der Waals surface area contributed by atoms with Gasteiger partial charge in [0.2, 0.25) is 0 Å². The van der Waals surface area contributed by atoms with Crippen molar-refractivity contribution in [2.45, 2.75) is 18.7 Å². The first-order chi connectivity index (χ1) is 9.36. The molecule has 0 spiro atoms. The molecule has 0 aromatic heterocycles. The number of hydrogen-bond donors (Lipinski definition) is 2. The van der Waals surface area contributed by atoms with Crippen LogP contribution in [0.15, 0.2) is 48.5 Å². The Kier molecular flexibility index (Phi) is 3.99. The van der Waals surface area contributed by atoms with Crippen molar-refractivity contribution in [1.82, 2.24) is 0 Å². The molecule has 0 saturated carbocycles. The summed E-state index contributed by atoms with van der Waals surface area (Å²) in [6, 6.07) is 10.8. The Morgan fingerprint density at radius 2 is 1.45 bits per heavy atom. The Balaban J connectivity index is 2.09. The third-order valence-corrected chi connectivity index (χ3v) is 2.99. The molecule has 2 rings (SSSR count). The highest BCUT2D eigenvalue weighted by Gasteiger charge is 2.30. The summed E-state index contributed by atoms with van der Waals surface area (Å²) in [6.45, 7) is 0. The van der Waals surface area contributed by atoms with Gasteiger partial charge < -0.3 is 10.2 Å². The van der Waals surface area contributed by atoms with E-state index in [1.165, 1.54) is 24.3 Å².